The van der Waals surface area contributed by atoms with Gasteiger partial charge in [-0.2, -0.15) is 5.10 Å². The molecule has 0 fully saturated rings. The maximum Gasteiger partial charge on any atom is 0.277 e. The van der Waals surface area contributed by atoms with E-state index in [1.54, 1.807) is 48.5 Å². The summed E-state index contributed by atoms with van der Waals surface area (Å²) < 4.78 is 0. The average molecular weight is 515 g/mol. The number of nitrogens with one attached hydrogen (secondary N) is 2. The number of benzene rings is 3. The van der Waals surface area contributed by atoms with Gasteiger partial charge in [0.15, 0.2) is 0 Å². The summed E-state index contributed by atoms with van der Waals surface area (Å²) in [7, 11) is 0. The number of aromatic nitrogens is 3. The first-order valence-corrected chi connectivity index (χ1v) is 12.0. The third-order valence-corrected chi connectivity index (χ3v) is 6.98. The summed E-state index contributed by atoms with van der Waals surface area (Å²) in [4.78, 5) is 40.1. The number of aromatic amines is 2. The van der Waals surface area contributed by atoms with Crippen LogP contribution in [-0.4, -0.2) is 26.2 Å². The first-order valence-electron chi connectivity index (χ1n) is 11.6. The van der Waals surface area contributed by atoms with E-state index in [0.29, 0.717) is 33.1 Å². The molecule has 8 nitrogen and oxygen atoms in total. The molecule has 0 aliphatic carbocycles. The summed E-state index contributed by atoms with van der Waals surface area (Å²) in [5, 5.41) is 16.1. The van der Waals surface area contributed by atoms with Gasteiger partial charge >= 0.3 is 0 Å². The van der Waals surface area contributed by atoms with Crippen molar-refractivity contribution in [2.75, 3.05) is 0 Å². The lowest BCUT2D eigenvalue weighted by atomic mass is 9.89. The highest BCUT2D eigenvalue weighted by atomic mass is 35.5. The highest BCUT2D eigenvalue weighted by Crippen LogP contribution is 2.39. The number of hydrogen-bond acceptors (Lipinski definition) is 5. The van der Waals surface area contributed by atoms with Crippen LogP contribution in [0.5, 0.6) is 5.75 Å². The Morgan fingerprint density at radius 1 is 1.00 bits per heavy atom. The molecule has 5 N–H and O–H groups in total. The molecule has 2 heterocycles. The lowest BCUT2D eigenvalue weighted by molar-refractivity contribution is 0.0999. The van der Waals surface area contributed by atoms with Crippen molar-refractivity contribution in [3.63, 3.8) is 0 Å². The fourth-order valence-corrected chi connectivity index (χ4v) is 4.97. The van der Waals surface area contributed by atoms with Crippen molar-refractivity contribution in [1.82, 2.24) is 15.2 Å². The Morgan fingerprint density at radius 3 is 2.51 bits per heavy atom. The molecule has 0 saturated carbocycles. The fraction of sp³-hybridized carbons (Fsp3) is 0.143. The molecule has 37 heavy (non-hydrogen) atoms. The minimum Gasteiger partial charge on any atom is -0.508 e. The molecule has 0 saturated heterocycles. The molecule has 186 valence electrons. The number of fused-ring (bicyclic) bond motifs is 2. The van der Waals surface area contributed by atoms with Gasteiger partial charge in [0.05, 0.1) is 22.6 Å². The third kappa shape index (κ3) is 4.25. The Hall–Kier alpha value is -4.43. The van der Waals surface area contributed by atoms with Crippen molar-refractivity contribution in [2.24, 2.45) is 5.73 Å². The molecule has 0 radical (unpaired) electrons. The van der Waals surface area contributed by atoms with Crippen molar-refractivity contribution in [1.29, 1.82) is 0 Å². The number of H-pyrrole nitrogens is 2. The predicted octanol–water partition coefficient (Wildman–Crippen LogP) is 4.69. The number of aromatic hydroxyl groups is 1. The van der Waals surface area contributed by atoms with Crippen LogP contribution in [0.4, 0.5) is 0 Å². The number of phenols is 1. The Morgan fingerprint density at radius 2 is 1.78 bits per heavy atom. The number of carbonyl (C=O) groups excluding carboxylic acids is 1. The van der Waals surface area contributed by atoms with Crippen LogP contribution < -0.4 is 16.7 Å². The Labute approximate surface area is 215 Å². The van der Waals surface area contributed by atoms with E-state index < -0.39 is 22.3 Å². The number of phenolic OH excluding ortho intramolecular Hbond substituents is 1. The normalized spacial score (nSPS) is 12.3. The monoisotopic (exact) mass is 514 g/mol. The smallest absolute Gasteiger partial charge is 0.277 e. The quantitative estimate of drug-likeness (QED) is 0.199. The topological polar surface area (TPSA) is 142 Å². The maximum absolute atomic E-state index is 12.9. The Balaban J connectivity index is 1.66. The van der Waals surface area contributed by atoms with Gasteiger partial charge in [0.1, 0.15) is 11.1 Å². The minimum atomic E-state index is -0.644. The van der Waals surface area contributed by atoms with Gasteiger partial charge < -0.3 is 15.8 Å². The number of rotatable bonds is 5. The number of hydrogen-bond donors (Lipinski definition) is 4. The van der Waals surface area contributed by atoms with E-state index in [4.69, 9.17) is 17.3 Å². The highest BCUT2D eigenvalue weighted by molar-refractivity contribution is 6.23. The van der Waals surface area contributed by atoms with Crippen LogP contribution in [0.2, 0.25) is 0 Å². The zero-order valence-corrected chi connectivity index (χ0v) is 20.8. The van der Waals surface area contributed by atoms with Gasteiger partial charge in [0.25, 0.3) is 5.56 Å². The summed E-state index contributed by atoms with van der Waals surface area (Å²) in [5.41, 5.74) is 9.59. The molecular formula is C28H23ClN4O4. The molecule has 0 aliphatic heterocycles. The molecule has 1 atom stereocenters. The number of pyridine rings is 1. The molecule has 0 spiro atoms. The van der Waals surface area contributed by atoms with E-state index in [0.717, 1.165) is 16.7 Å². The number of alkyl halides is 1. The molecule has 3 aromatic carbocycles. The third-order valence-electron chi connectivity index (χ3n) is 6.49. The van der Waals surface area contributed by atoms with E-state index in [9.17, 15) is 19.5 Å². The SMILES string of the molecule is CC(C)c1cc(-c2cc(O)ccc2C(Cl)c2ccc3c(=O)c4c(=O)[nH]ncc4[nH]c3c2)ccc1C(N)=O. The van der Waals surface area contributed by atoms with Gasteiger partial charge in [-0.05, 0) is 64.1 Å². The van der Waals surface area contributed by atoms with Crippen molar-refractivity contribution < 1.29 is 9.90 Å². The van der Waals surface area contributed by atoms with Crippen molar-refractivity contribution in [3.8, 4) is 16.9 Å². The molecule has 2 aromatic heterocycles. The zero-order chi connectivity index (χ0) is 26.4. The standard InChI is InChI=1S/C28H23ClN4O4/c1-13(2)20-9-14(3-6-18(20)27(30)36)21-11-16(34)5-8-17(21)25(29)15-4-7-19-22(10-15)32-23-12-31-33-28(37)24(23)26(19)35/h3-13,25,34H,1-2H3,(H2,30,36)(H,32,35)(H,33,37). The molecule has 0 aliphatic rings. The second-order valence-electron chi connectivity index (χ2n) is 9.20. The molecule has 5 rings (SSSR count). The summed E-state index contributed by atoms with van der Waals surface area (Å²) in [5.74, 6) is -0.389. The van der Waals surface area contributed by atoms with Gasteiger partial charge in [-0.3, -0.25) is 14.4 Å². The molecular weight excluding hydrogens is 492 g/mol. The van der Waals surface area contributed by atoms with Crippen LogP contribution in [-0.2, 0) is 0 Å². The van der Waals surface area contributed by atoms with Crippen LogP contribution in [0, 0.1) is 0 Å². The second-order valence-corrected chi connectivity index (χ2v) is 9.64. The van der Waals surface area contributed by atoms with Crippen LogP contribution in [0.25, 0.3) is 32.9 Å². The van der Waals surface area contributed by atoms with E-state index in [2.05, 4.69) is 15.2 Å². The first kappa shape index (κ1) is 24.3. The largest absolute Gasteiger partial charge is 0.508 e. The van der Waals surface area contributed by atoms with E-state index in [-0.39, 0.29) is 17.1 Å². The predicted molar refractivity (Wildman–Crippen MR) is 144 cm³/mol. The van der Waals surface area contributed by atoms with Crippen molar-refractivity contribution in [3.05, 3.63) is 104 Å². The van der Waals surface area contributed by atoms with Crippen LogP contribution in [0.1, 0.15) is 52.2 Å². The van der Waals surface area contributed by atoms with Crippen molar-refractivity contribution >= 4 is 39.3 Å². The van der Waals surface area contributed by atoms with E-state index >= 15 is 0 Å². The maximum atomic E-state index is 12.9. The van der Waals surface area contributed by atoms with Crippen molar-refractivity contribution in [2.45, 2.75) is 25.1 Å². The number of nitrogens with two attached hydrogens (primary N) is 1. The average Bonchev–Trinajstić information content (AvgIpc) is 2.87. The van der Waals surface area contributed by atoms with Gasteiger partial charge in [-0.25, -0.2) is 5.10 Å². The van der Waals surface area contributed by atoms with Gasteiger partial charge in [-0.15, -0.1) is 11.6 Å². The Bertz CT molecular complexity index is 1820. The van der Waals surface area contributed by atoms with E-state index in [1.165, 1.54) is 6.20 Å². The second kappa shape index (κ2) is 9.22. The first-order chi connectivity index (χ1) is 17.7. The highest BCUT2D eigenvalue weighted by Gasteiger charge is 2.20. The molecule has 0 bridgehead atoms. The number of amides is 1. The zero-order valence-electron chi connectivity index (χ0n) is 20.0. The number of carbonyl (C=O) groups is 1. The van der Waals surface area contributed by atoms with Gasteiger partial charge in [0, 0.05) is 10.9 Å². The van der Waals surface area contributed by atoms with Crippen LogP contribution >= 0.6 is 11.6 Å². The lowest BCUT2D eigenvalue weighted by Gasteiger charge is -2.19. The van der Waals surface area contributed by atoms with Crippen LogP contribution in [0.15, 0.2) is 70.4 Å². The fourth-order valence-electron chi connectivity index (χ4n) is 4.65. The summed E-state index contributed by atoms with van der Waals surface area (Å²) in [6.45, 7) is 3.95. The number of primary amides is 1. The molecule has 9 heteroatoms. The molecule has 5 aromatic rings. The van der Waals surface area contributed by atoms with Crippen LogP contribution in [0.3, 0.4) is 0 Å². The summed E-state index contributed by atoms with van der Waals surface area (Å²) in [6, 6.07) is 15.4. The molecule has 1 unspecified atom stereocenters. The van der Waals surface area contributed by atoms with E-state index in [1.807, 2.05) is 19.9 Å². The van der Waals surface area contributed by atoms with Gasteiger partial charge in [0.2, 0.25) is 11.3 Å². The number of halogens is 1. The summed E-state index contributed by atoms with van der Waals surface area (Å²) >= 11 is 6.99. The summed E-state index contributed by atoms with van der Waals surface area (Å²) in [6.07, 6.45) is 1.39. The lowest BCUT2D eigenvalue weighted by Crippen LogP contribution is -2.18. The van der Waals surface area contributed by atoms with Gasteiger partial charge in [-0.1, -0.05) is 38.1 Å². The molecule has 1 amide bonds. The number of nitrogens with zero attached hydrogens (tertiary/aromatic N) is 1. The minimum absolute atomic E-state index is 0.0128. The Kier molecular flexibility index (Phi) is 6.05.